The number of sulfonamides is 1. The monoisotopic (exact) mass is 378 g/mol. The van der Waals surface area contributed by atoms with Crippen molar-refractivity contribution in [3.63, 3.8) is 0 Å². The number of hydrogen-bond acceptors (Lipinski definition) is 4. The summed E-state index contributed by atoms with van der Waals surface area (Å²) < 4.78 is 27.0. The van der Waals surface area contributed by atoms with E-state index in [9.17, 15) is 8.42 Å². The molecular formula is C19H26N2O2S2. The zero-order valence-corrected chi connectivity index (χ0v) is 16.1. The number of unbranched alkanes of at least 4 members (excludes halogenated alkanes) is 3. The van der Waals surface area contributed by atoms with Crippen molar-refractivity contribution in [3.05, 3.63) is 52.9 Å². The summed E-state index contributed by atoms with van der Waals surface area (Å²) in [5, 5.41) is 1.79. The van der Waals surface area contributed by atoms with Crippen LogP contribution in [0, 0.1) is 0 Å². The minimum Gasteiger partial charge on any atom is -0.299 e. The summed E-state index contributed by atoms with van der Waals surface area (Å²) in [6.45, 7) is 3.88. The first kappa shape index (κ1) is 18.6. The molecule has 4 nitrogen and oxygen atoms in total. The molecule has 136 valence electrons. The second kappa shape index (κ2) is 8.94. The standard InChI is InChI=1S/C19H26N2O2S2/c22-25(23,19-10-7-15-24-19)20-12-5-1-2-6-13-21-14-11-17-8-3-4-9-18(17)16-21/h3-4,7-10,15,20H,1-2,5-6,11-14,16H2. The van der Waals surface area contributed by atoms with Crippen LogP contribution in [0.2, 0.25) is 0 Å². The molecule has 3 rings (SSSR count). The van der Waals surface area contributed by atoms with Crippen LogP contribution < -0.4 is 4.72 Å². The van der Waals surface area contributed by atoms with Gasteiger partial charge in [0, 0.05) is 19.6 Å². The fourth-order valence-electron chi connectivity index (χ4n) is 3.25. The summed E-state index contributed by atoms with van der Waals surface area (Å²) in [5.74, 6) is 0. The molecule has 0 saturated heterocycles. The van der Waals surface area contributed by atoms with Crippen LogP contribution in [0.5, 0.6) is 0 Å². The third-order valence-corrected chi connectivity index (χ3v) is 7.52. The maximum Gasteiger partial charge on any atom is 0.250 e. The maximum atomic E-state index is 12.0. The third kappa shape index (κ3) is 5.38. The molecule has 0 bridgehead atoms. The van der Waals surface area contributed by atoms with Crippen molar-refractivity contribution < 1.29 is 8.42 Å². The second-order valence-electron chi connectivity index (χ2n) is 6.54. The van der Waals surface area contributed by atoms with E-state index >= 15 is 0 Å². The van der Waals surface area contributed by atoms with Gasteiger partial charge in [-0.15, -0.1) is 11.3 Å². The molecule has 0 amide bonds. The lowest BCUT2D eigenvalue weighted by Crippen LogP contribution is -2.31. The Morgan fingerprint density at radius 1 is 1.00 bits per heavy atom. The van der Waals surface area contributed by atoms with Gasteiger partial charge in [0.25, 0.3) is 0 Å². The SMILES string of the molecule is O=S(=O)(NCCCCCCN1CCc2ccccc2C1)c1cccs1. The number of hydrogen-bond donors (Lipinski definition) is 1. The van der Waals surface area contributed by atoms with Crippen LogP contribution in [-0.2, 0) is 23.0 Å². The van der Waals surface area contributed by atoms with Gasteiger partial charge in [-0.05, 0) is 48.4 Å². The van der Waals surface area contributed by atoms with Gasteiger partial charge in [0.05, 0.1) is 0 Å². The molecule has 2 aromatic rings. The Balaban J connectivity index is 1.27. The topological polar surface area (TPSA) is 49.4 Å². The average molecular weight is 379 g/mol. The number of rotatable bonds is 9. The highest BCUT2D eigenvalue weighted by Crippen LogP contribution is 2.19. The lowest BCUT2D eigenvalue weighted by molar-refractivity contribution is 0.248. The van der Waals surface area contributed by atoms with E-state index in [2.05, 4.69) is 33.9 Å². The maximum absolute atomic E-state index is 12.0. The van der Waals surface area contributed by atoms with E-state index < -0.39 is 10.0 Å². The fraction of sp³-hybridized carbons (Fsp3) is 0.474. The Bertz CT molecular complexity index is 757. The predicted octanol–water partition coefficient (Wildman–Crippen LogP) is 3.65. The van der Waals surface area contributed by atoms with Crippen LogP contribution in [0.1, 0.15) is 36.8 Å². The Morgan fingerprint density at radius 2 is 1.80 bits per heavy atom. The number of nitrogens with one attached hydrogen (secondary N) is 1. The lowest BCUT2D eigenvalue weighted by Gasteiger charge is -2.28. The number of thiophene rings is 1. The van der Waals surface area contributed by atoms with E-state index in [1.165, 1.54) is 28.9 Å². The molecule has 1 aliphatic rings. The van der Waals surface area contributed by atoms with Gasteiger partial charge in [0.15, 0.2) is 0 Å². The number of fused-ring (bicyclic) bond motifs is 1. The molecule has 0 unspecified atom stereocenters. The highest BCUT2D eigenvalue weighted by atomic mass is 32.2. The van der Waals surface area contributed by atoms with Crippen LogP contribution in [-0.4, -0.2) is 33.0 Å². The minimum atomic E-state index is -3.29. The summed E-state index contributed by atoms with van der Waals surface area (Å²) in [7, 11) is -3.29. The van der Waals surface area contributed by atoms with E-state index in [-0.39, 0.29) is 0 Å². The van der Waals surface area contributed by atoms with Crippen molar-refractivity contribution in [2.24, 2.45) is 0 Å². The summed E-state index contributed by atoms with van der Waals surface area (Å²) in [4.78, 5) is 2.53. The molecule has 1 N–H and O–H groups in total. The largest absolute Gasteiger partial charge is 0.299 e. The molecule has 0 radical (unpaired) electrons. The molecule has 6 heteroatoms. The van der Waals surface area contributed by atoms with E-state index in [1.807, 2.05) is 0 Å². The first-order valence-corrected chi connectivity index (χ1v) is 11.3. The van der Waals surface area contributed by atoms with Crippen molar-refractivity contribution >= 4 is 21.4 Å². The molecular weight excluding hydrogens is 352 g/mol. The van der Waals surface area contributed by atoms with Crippen molar-refractivity contribution in [1.82, 2.24) is 9.62 Å². The summed E-state index contributed by atoms with van der Waals surface area (Å²) in [6.07, 6.45) is 5.45. The van der Waals surface area contributed by atoms with Crippen LogP contribution >= 0.6 is 11.3 Å². The quantitative estimate of drug-likeness (QED) is 0.678. The molecule has 0 atom stereocenters. The lowest BCUT2D eigenvalue weighted by atomic mass is 10.00. The minimum absolute atomic E-state index is 0.401. The van der Waals surface area contributed by atoms with Gasteiger partial charge in [-0.1, -0.05) is 43.2 Å². The molecule has 0 fully saturated rings. The van der Waals surface area contributed by atoms with Gasteiger partial charge in [0.2, 0.25) is 10.0 Å². The summed E-state index contributed by atoms with van der Waals surface area (Å²) in [6, 6.07) is 12.1. The van der Waals surface area contributed by atoms with Crippen LogP contribution in [0.25, 0.3) is 0 Å². The Hall–Kier alpha value is -1.21. The molecule has 2 heterocycles. The second-order valence-corrected chi connectivity index (χ2v) is 9.48. The molecule has 1 aromatic carbocycles. The molecule has 0 spiro atoms. The predicted molar refractivity (Wildman–Crippen MR) is 103 cm³/mol. The van der Waals surface area contributed by atoms with Gasteiger partial charge < -0.3 is 0 Å². The van der Waals surface area contributed by atoms with E-state index in [0.29, 0.717) is 10.8 Å². The molecule has 1 aliphatic heterocycles. The normalized spacial score (nSPS) is 15.2. The van der Waals surface area contributed by atoms with Gasteiger partial charge in [-0.2, -0.15) is 0 Å². The Morgan fingerprint density at radius 3 is 2.60 bits per heavy atom. The highest BCUT2D eigenvalue weighted by Gasteiger charge is 2.15. The Labute approximate surface area is 154 Å². The number of nitrogens with zero attached hydrogens (tertiary/aromatic N) is 1. The molecule has 1 aromatic heterocycles. The van der Waals surface area contributed by atoms with Crippen molar-refractivity contribution in [3.8, 4) is 0 Å². The first-order valence-electron chi connectivity index (χ1n) is 8.97. The van der Waals surface area contributed by atoms with Crippen molar-refractivity contribution in [2.75, 3.05) is 19.6 Å². The van der Waals surface area contributed by atoms with Gasteiger partial charge in [0.1, 0.15) is 4.21 Å². The van der Waals surface area contributed by atoms with Gasteiger partial charge >= 0.3 is 0 Å². The average Bonchev–Trinajstić information content (AvgIpc) is 3.16. The molecule has 0 saturated carbocycles. The van der Waals surface area contributed by atoms with E-state index in [1.54, 1.807) is 17.5 Å². The summed E-state index contributed by atoms with van der Waals surface area (Å²) in [5.41, 5.74) is 2.97. The first-order chi connectivity index (χ1) is 12.1. The van der Waals surface area contributed by atoms with E-state index in [4.69, 9.17) is 0 Å². The molecule has 0 aliphatic carbocycles. The highest BCUT2D eigenvalue weighted by molar-refractivity contribution is 7.91. The Kier molecular flexibility index (Phi) is 6.64. The van der Waals surface area contributed by atoms with Crippen LogP contribution in [0.3, 0.4) is 0 Å². The smallest absolute Gasteiger partial charge is 0.250 e. The number of benzene rings is 1. The molecule has 25 heavy (non-hydrogen) atoms. The van der Waals surface area contributed by atoms with Crippen molar-refractivity contribution in [1.29, 1.82) is 0 Å². The van der Waals surface area contributed by atoms with Gasteiger partial charge in [-0.25, -0.2) is 13.1 Å². The van der Waals surface area contributed by atoms with E-state index in [0.717, 1.165) is 45.3 Å². The third-order valence-electron chi connectivity index (χ3n) is 4.66. The van der Waals surface area contributed by atoms with Crippen molar-refractivity contribution in [2.45, 2.75) is 42.9 Å². The van der Waals surface area contributed by atoms with Crippen LogP contribution in [0.4, 0.5) is 0 Å². The van der Waals surface area contributed by atoms with Crippen LogP contribution in [0.15, 0.2) is 46.0 Å². The zero-order valence-electron chi connectivity index (χ0n) is 14.5. The fourth-order valence-corrected chi connectivity index (χ4v) is 5.36. The summed E-state index contributed by atoms with van der Waals surface area (Å²) >= 11 is 1.26. The van der Waals surface area contributed by atoms with Gasteiger partial charge in [-0.3, -0.25) is 4.90 Å². The zero-order chi connectivity index (χ0) is 17.5.